The second-order valence-electron chi connectivity index (χ2n) is 6.02. The lowest BCUT2D eigenvalue weighted by molar-refractivity contribution is -0.892. The molecular formula is C16H23F3N3O+. The van der Waals surface area contributed by atoms with E-state index in [1.54, 1.807) is 0 Å². The molecule has 1 amide bonds. The minimum absolute atomic E-state index is 0.0940. The number of carbonyl (C=O) groups is 1. The highest BCUT2D eigenvalue weighted by Crippen LogP contribution is 2.22. The van der Waals surface area contributed by atoms with Crippen molar-refractivity contribution in [2.24, 2.45) is 0 Å². The van der Waals surface area contributed by atoms with Crippen molar-refractivity contribution in [2.75, 3.05) is 44.2 Å². The monoisotopic (exact) mass is 330 g/mol. The average Bonchev–Trinajstić information content (AvgIpc) is 2.48. The van der Waals surface area contributed by atoms with E-state index in [-0.39, 0.29) is 6.54 Å². The highest BCUT2D eigenvalue weighted by atomic mass is 19.4. The van der Waals surface area contributed by atoms with E-state index < -0.39 is 18.6 Å². The van der Waals surface area contributed by atoms with Crippen LogP contribution in [0.2, 0.25) is 0 Å². The third-order valence-corrected chi connectivity index (χ3v) is 4.28. The highest BCUT2D eigenvalue weighted by molar-refractivity contribution is 5.76. The summed E-state index contributed by atoms with van der Waals surface area (Å²) in [7, 11) is 0. The van der Waals surface area contributed by atoms with Crippen LogP contribution < -0.4 is 15.1 Å². The fraction of sp³-hybridized carbons (Fsp3) is 0.562. The first-order valence-electron chi connectivity index (χ1n) is 7.74. The van der Waals surface area contributed by atoms with Crippen LogP contribution in [-0.2, 0) is 4.79 Å². The fourth-order valence-corrected chi connectivity index (χ4v) is 2.81. The van der Waals surface area contributed by atoms with Gasteiger partial charge in [0.15, 0.2) is 6.54 Å². The summed E-state index contributed by atoms with van der Waals surface area (Å²) in [4.78, 5) is 14.9. The van der Waals surface area contributed by atoms with Crippen LogP contribution in [0.15, 0.2) is 18.2 Å². The van der Waals surface area contributed by atoms with Crippen LogP contribution in [0.1, 0.15) is 11.1 Å². The van der Waals surface area contributed by atoms with Crippen LogP contribution in [0.4, 0.5) is 18.9 Å². The summed E-state index contributed by atoms with van der Waals surface area (Å²) in [5.41, 5.74) is 3.69. The maximum Gasteiger partial charge on any atom is 0.405 e. The van der Waals surface area contributed by atoms with E-state index in [4.69, 9.17) is 0 Å². The molecule has 1 aromatic carbocycles. The summed E-state index contributed by atoms with van der Waals surface area (Å²) in [6.45, 7) is 6.09. The number of quaternary nitrogens is 1. The Morgan fingerprint density at radius 3 is 2.52 bits per heavy atom. The SMILES string of the molecule is Cc1cccc(N2CC[NH+](CC(=O)NCC(F)(F)F)CC2)c1C. The number of nitrogens with zero attached hydrogens (tertiary/aromatic N) is 1. The Bertz CT molecular complexity index is 552. The maximum atomic E-state index is 12.1. The van der Waals surface area contributed by atoms with Crippen LogP contribution in [0.5, 0.6) is 0 Å². The van der Waals surface area contributed by atoms with Gasteiger partial charge in [0.05, 0.1) is 26.2 Å². The lowest BCUT2D eigenvalue weighted by Gasteiger charge is -2.34. The molecule has 2 N–H and O–H groups in total. The standard InChI is InChI=1S/C16H22F3N3O/c1-12-4-3-5-14(13(12)2)22-8-6-21(7-9-22)10-15(23)20-11-16(17,18)19/h3-5H,6-11H2,1-2H3,(H,20,23)/p+1. The Hall–Kier alpha value is -1.76. The molecule has 0 bridgehead atoms. The van der Waals surface area contributed by atoms with Gasteiger partial charge in [-0.3, -0.25) is 4.79 Å². The van der Waals surface area contributed by atoms with Crippen LogP contribution in [0, 0.1) is 13.8 Å². The van der Waals surface area contributed by atoms with Gasteiger partial charge in [-0.05, 0) is 31.0 Å². The van der Waals surface area contributed by atoms with Gasteiger partial charge >= 0.3 is 6.18 Å². The van der Waals surface area contributed by atoms with Crippen LogP contribution in [0.3, 0.4) is 0 Å². The summed E-state index contributed by atoms with van der Waals surface area (Å²) in [5, 5.41) is 1.93. The second-order valence-corrected chi connectivity index (χ2v) is 6.02. The molecule has 1 fully saturated rings. The normalized spacial score (nSPS) is 16.5. The van der Waals surface area contributed by atoms with Gasteiger partial charge in [-0.25, -0.2) is 0 Å². The Morgan fingerprint density at radius 2 is 1.91 bits per heavy atom. The van der Waals surface area contributed by atoms with Gasteiger partial charge < -0.3 is 15.1 Å². The van der Waals surface area contributed by atoms with Crippen molar-refractivity contribution in [2.45, 2.75) is 20.0 Å². The van der Waals surface area contributed by atoms with Crippen molar-refractivity contribution in [3.63, 3.8) is 0 Å². The number of hydrogen-bond acceptors (Lipinski definition) is 2. The molecule has 4 nitrogen and oxygen atoms in total. The summed E-state index contributed by atoms with van der Waals surface area (Å²) < 4.78 is 36.2. The number of anilines is 1. The highest BCUT2D eigenvalue weighted by Gasteiger charge is 2.29. The lowest BCUT2D eigenvalue weighted by atomic mass is 10.1. The van der Waals surface area contributed by atoms with Crippen molar-refractivity contribution in [1.82, 2.24) is 5.32 Å². The average molecular weight is 330 g/mol. The molecule has 0 radical (unpaired) electrons. The number of nitrogens with one attached hydrogen (secondary N) is 2. The van der Waals surface area contributed by atoms with Crippen LogP contribution in [0.25, 0.3) is 0 Å². The zero-order valence-electron chi connectivity index (χ0n) is 13.5. The molecule has 0 unspecified atom stereocenters. The number of alkyl halides is 3. The van der Waals surface area contributed by atoms with Crippen molar-refractivity contribution in [3.8, 4) is 0 Å². The van der Waals surface area contributed by atoms with Gasteiger partial charge in [0.25, 0.3) is 5.91 Å². The molecule has 0 atom stereocenters. The summed E-state index contributed by atoms with van der Waals surface area (Å²) in [6, 6.07) is 6.19. The summed E-state index contributed by atoms with van der Waals surface area (Å²) in [5.74, 6) is -0.544. The minimum atomic E-state index is -4.35. The van der Waals surface area contributed by atoms with Crippen molar-refractivity contribution in [3.05, 3.63) is 29.3 Å². The third-order valence-electron chi connectivity index (χ3n) is 4.28. The second kappa shape index (κ2) is 7.21. The molecule has 0 aromatic heterocycles. The van der Waals surface area contributed by atoms with Crippen LogP contribution >= 0.6 is 0 Å². The molecule has 0 aliphatic carbocycles. The molecule has 2 rings (SSSR count). The topological polar surface area (TPSA) is 36.8 Å². The quantitative estimate of drug-likeness (QED) is 0.852. The molecule has 1 saturated heterocycles. The Labute approximate surface area is 134 Å². The van der Waals surface area contributed by atoms with E-state index in [1.807, 2.05) is 11.4 Å². The zero-order valence-corrected chi connectivity index (χ0v) is 13.5. The van der Waals surface area contributed by atoms with Crippen LogP contribution in [-0.4, -0.2) is 51.4 Å². The minimum Gasteiger partial charge on any atom is -0.360 e. The molecule has 0 saturated carbocycles. The molecule has 23 heavy (non-hydrogen) atoms. The van der Waals surface area contributed by atoms with E-state index in [9.17, 15) is 18.0 Å². The molecule has 7 heteroatoms. The lowest BCUT2D eigenvalue weighted by Crippen LogP contribution is -3.16. The van der Waals surface area contributed by atoms with Gasteiger partial charge in [0.2, 0.25) is 0 Å². The molecule has 128 valence electrons. The van der Waals surface area contributed by atoms with E-state index in [2.05, 4.69) is 30.9 Å². The number of hydrogen-bond donors (Lipinski definition) is 2. The van der Waals surface area contributed by atoms with Crippen molar-refractivity contribution < 1.29 is 22.9 Å². The van der Waals surface area contributed by atoms with Crippen molar-refractivity contribution in [1.29, 1.82) is 0 Å². The summed E-state index contributed by atoms with van der Waals surface area (Å²) in [6.07, 6.45) is -4.35. The Morgan fingerprint density at radius 1 is 1.26 bits per heavy atom. The van der Waals surface area contributed by atoms with Gasteiger partial charge in [0.1, 0.15) is 6.54 Å². The zero-order chi connectivity index (χ0) is 17.0. The molecule has 1 aliphatic rings. The number of benzene rings is 1. The Kier molecular flexibility index (Phi) is 5.51. The number of carbonyl (C=O) groups excluding carboxylic acids is 1. The van der Waals surface area contributed by atoms with E-state index in [0.29, 0.717) is 0 Å². The first-order chi connectivity index (χ1) is 10.8. The smallest absolute Gasteiger partial charge is 0.360 e. The third kappa shape index (κ3) is 5.13. The predicted octanol–water partition coefficient (Wildman–Crippen LogP) is 0.687. The maximum absolute atomic E-state index is 12.1. The molecule has 0 spiro atoms. The van der Waals surface area contributed by atoms with Gasteiger partial charge in [-0.1, -0.05) is 12.1 Å². The first kappa shape index (κ1) is 17.6. The number of piperazine rings is 1. The van der Waals surface area contributed by atoms with E-state index in [0.717, 1.165) is 31.1 Å². The van der Waals surface area contributed by atoms with E-state index in [1.165, 1.54) is 16.8 Å². The van der Waals surface area contributed by atoms with Gasteiger partial charge in [-0.2, -0.15) is 13.2 Å². The predicted molar refractivity (Wildman–Crippen MR) is 82.8 cm³/mol. The first-order valence-corrected chi connectivity index (χ1v) is 7.74. The van der Waals surface area contributed by atoms with Crippen molar-refractivity contribution >= 4 is 11.6 Å². The molecule has 1 aromatic rings. The molecular weight excluding hydrogens is 307 g/mol. The number of halogens is 3. The fourth-order valence-electron chi connectivity index (χ4n) is 2.81. The van der Waals surface area contributed by atoms with Gasteiger partial charge in [-0.15, -0.1) is 0 Å². The number of rotatable bonds is 4. The molecule has 1 heterocycles. The van der Waals surface area contributed by atoms with E-state index >= 15 is 0 Å². The molecule has 1 aliphatic heterocycles. The number of amides is 1. The summed E-state index contributed by atoms with van der Waals surface area (Å²) >= 11 is 0. The number of aryl methyl sites for hydroxylation is 1. The largest absolute Gasteiger partial charge is 0.405 e. The van der Waals surface area contributed by atoms with Gasteiger partial charge in [0, 0.05) is 5.69 Å². The Balaban J connectivity index is 1.82.